The summed E-state index contributed by atoms with van der Waals surface area (Å²) < 4.78 is 51.3. The van der Waals surface area contributed by atoms with Crippen LogP contribution in [0.3, 0.4) is 0 Å². The average Bonchev–Trinajstić information content (AvgIpc) is 3.35. The Labute approximate surface area is 281 Å². The molecule has 47 heavy (non-hydrogen) atoms. The number of halogens is 2. The lowest BCUT2D eigenvalue weighted by Gasteiger charge is -2.13. The molecule has 0 fully saturated rings. The van der Waals surface area contributed by atoms with Crippen LogP contribution < -0.4 is 15.7 Å². The minimum Gasteiger partial charge on any atom is -0.449 e. The lowest BCUT2D eigenvalue weighted by atomic mass is 10.0. The fraction of sp³-hybridized carbons (Fsp3) is 0.333. The number of aryl methyl sites for hydroxylation is 1. The standard InChI is InChI=1S/C33H37BrFN5O6S/c1-4-7-13-30-37-40(28-20-23(16-17-26(28)34)31(41)36-18-8-5-2)33(43)39(30)21-24-15-14-22(19-27(24)35)25-11-9-10-12-29(25)47(44,45)38-32(42)46-6-3/h9-12,14-17,19-20H,4-8,13,18,21H2,1-3H3,(H,36,41)(H,38,42). The fourth-order valence-corrected chi connectivity index (χ4v) is 6.38. The van der Waals surface area contributed by atoms with Crippen LogP contribution in [0.15, 0.2) is 74.8 Å². The summed E-state index contributed by atoms with van der Waals surface area (Å²) in [6, 6.07) is 15.0. The molecular weight excluding hydrogens is 693 g/mol. The van der Waals surface area contributed by atoms with Crippen LogP contribution in [0.2, 0.25) is 0 Å². The van der Waals surface area contributed by atoms with Crippen molar-refractivity contribution in [1.29, 1.82) is 0 Å². The molecule has 3 aromatic carbocycles. The molecule has 0 aliphatic rings. The van der Waals surface area contributed by atoms with E-state index in [1.54, 1.807) is 37.3 Å². The highest BCUT2D eigenvalue weighted by Gasteiger charge is 2.24. The molecule has 0 spiro atoms. The van der Waals surface area contributed by atoms with Gasteiger partial charge in [0.1, 0.15) is 11.6 Å². The third-order valence-corrected chi connectivity index (χ3v) is 9.35. The number of hydrogen-bond donors (Lipinski definition) is 2. The number of amides is 2. The van der Waals surface area contributed by atoms with Gasteiger partial charge in [-0.3, -0.25) is 9.36 Å². The van der Waals surface area contributed by atoms with Crippen LogP contribution in [0.25, 0.3) is 16.8 Å². The van der Waals surface area contributed by atoms with E-state index in [-0.39, 0.29) is 40.6 Å². The molecular formula is C33H37BrFN5O6S. The Hall–Kier alpha value is -4.30. The summed E-state index contributed by atoms with van der Waals surface area (Å²) in [6.45, 7) is 5.97. The summed E-state index contributed by atoms with van der Waals surface area (Å²) in [4.78, 5) is 38.2. The molecule has 0 bridgehead atoms. The molecule has 0 radical (unpaired) electrons. The SMILES string of the molecule is CCCCNC(=O)c1ccc(Br)c(-n2nc(CCCC)n(Cc3ccc(-c4ccccc4S(=O)(=O)NC(=O)OCC)cc3F)c2=O)c1. The van der Waals surface area contributed by atoms with Gasteiger partial charge >= 0.3 is 11.8 Å². The van der Waals surface area contributed by atoms with Gasteiger partial charge in [-0.25, -0.2) is 27.1 Å². The van der Waals surface area contributed by atoms with Crippen molar-refractivity contribution in [2.75, 3.05) is 13.2 Å². The van der Waals surface area contributed by atoms with Gasteiger partial charge in [-0.15, -0.1) is 5.10 Å². The summed E-state index contributed by atoms with van der Waals surface area (Å²) in [6.07, 6.45) is 2.70. The third kappa shape index (κ3) is 8.55. The van der Waals surface area contributed by atoms with Gasteiger partial charge in [0.05, 0.1) is 23.7 Å². The van der Waals surface area contributed by atoms with Crippen molar-refractivity contribution in [2.24, 2.45) is 0 Å². The van der Waals surface area contributed by atoms with E-state index < -0.39 is 27.6 Å². The maximum atomic E-state index is 15.7. The lowest BCUT2D eigenvalue weighted by molar-refractivity contribution is 0.0953. The summed E-state index contributed by atoms with van der Waals surface area (Å²) >= 11 is 3.48. The number of unbranched alkanes of at least 4 members (excludes halogenated alkanes) is 2. The Morgan fingerprint density at radius 1 is 1.00 bits per heavy atom. The molecule has 4 aromatic rings. The number of rotatable bonds is 14. The second-order valence-corrected chi connectivity index (χ2v) is 13.2. The number of carbonyl (C=O) groups is 2. The van der Waals surface area contributed by atoms with Crippen LogP contribution in [-0.2, 0) is 27.7 Å². The molecule has 4 rings (SSSR count). The number of nitrogens with zero attached hydrogens (tertiary/aromatic N) is 3. The Morgan fingerprint density at radius 3 is 2.45 bits per heavy atom. The van der Waals surface area contributed by atoms with Crippen LogP contribution >= 0.6 is 15.9 Å². The highest BCUT2D eigenvalue weighted by Crippen LogP contribution is 2.29. The number of aromatic nitrogens is 3. The van der Waals surface area contributed by atoms with Gasteiger partial charge in [-0.05, 0) is 71.6 Å². The highest BCUT2D eigenvalue weighted by molar-refractivity contribution is 9.10. The van der Waals surface area contributed by atoms with Crippen molar-refractivity contribution in [3.63, 3.8) is 0 Å². The minimum atomic E-state index is -4.33. The molecule has 0 saturated heterocycles. The second-order valence-electron chi connectivity index (χ2n) is 10.7. The van der Waals surface area contributed by atoms with Crippen LogP contribution in [0.1, 0.15) is 68.2 Å². The van der Waals surface area contributed by atoms with Gasteiger partial charge in [0.2, 0.25) is 0 Å². The minimum absolute atomic E-state index is 0.0161. The van der Waals surface area contributed by atoms with E-state index in [2.05, 4.69) is 26.3 Å². The number of carbonyl (C=O) groups excluding carboxylic acids is 2. The molecule has 0 atom stereocenters. The third-order valence-electron chi connectivity index (χ3n) is 7.31. The van der Waals surface area contributed by atoms with Gasteiger partial charge in [-0.2, -0.15) is 4.68 Å². The molecule has 2 amide bonds. The molecule has 11 nitrogen and oxygen atoms in total. The first-order valence-electron chi connectivity index (χ1n) is 15.3. The molecule has 250 valence electrons. The van der Waals surface area contributed by atoms with E-state index in [1.807, 2.05) is 18.6 Å². The first kappa shape index (κ1) is 35.6. The van der Waals surface area contributed by atoms with Crippen molar-refractivity contribution < 1.29 is 27.1 Å². The summed E-state index contributed by atoms with van der Waals surface area (Å²) in [5.74, 6) is -0.480. The summed E-state index contributed by atoms with van der Waals surface area (Å²) in [5, 5.41) is 7.46. The van der Waals surface area contributed by atoms with Gasteiger partial charge in [0.15, 0.2) is 0 Å². The lowest BCUT2D eigenvalue weighted by Crippen LogP contribution is -2.31. The molecule has 0 aliphatic heterocycles. The van der Waals surface area contributed by atoms with Crippen LogP contribution in [0, 0.1) is 5.82 Å². The van der Waals surface area contributed by atoms with Crippen molar-refractivity contribution in [3.8, 4) is 16.8 Å². The Bertz CT molecular complexity index is 1920. The highest BCUT2D eigenvalue weighted by atomic mass is 79.9. The first-order chi connectivity index (χ1) is 22.5. The largest absolute Gasteiger partial charge is 0.449 e. The molecule has 1 aromatic heterocycles. The molecule has 14 heteroatoms. The molecule has 1 heterocycles. The zero-order valence-corrected chi connectivity index (χ0v) is 28.8. The first-order valence-corrected chi connectivity index (χ1v) is 17.6. The smallest absolute Gasteiger partial charge is 0.421 e. The van der Waals surface area contributed by atoms with E-state index in [0.29, 0.717) is 34.5 Å². The number of sulfonamides is 1. The number of benzene rings is 3. The maximum Gasteiger partial charge on any atom is 0.421 e. The van der Waals surface area contributed by atoms with Crippen molar-refractivity contribution in [1.82, 2.24) is 24.4 Å². The predicted octanol–water partition coefficient (Wildman–Crippen LogP) is 5.96. The maximum absolute atomic E-state index is 15.7. The Kier molecular flexibility index (Phi) is 12.1. The van der Waals surface area contributed by atoms with E-state index in [1.165, 1.54) is 39.6 Å². The Balaban J connectivity index is 1.69. The van der Waals surface area contributed by atoms with Crippen LogP contribution in [-0.4, -0.2) is 47.9 Å². The van der Waals surface area contributed by atoms with Gasteiger partial charge in [0, 0.05) is 34.1 Å². The number of nitrogens with one attached hydrogen (secondary N) is 2. The van der Waals surface area contributed by atoms with Gasteiger partial charge in [0.25, 0.3) is 15.9 Å². The number of hydrogen-bond acceptors (Lipinski definition) is 7. The van der Waals surface area contributed by atoms with Crippen molar-refractivity contribution in [3.05, 3.63) is 98.4 Å². The summed E-state index contributed by atoms with van der Waals surface area (Å²) in [5.41, 5.74) is 0.846. The van der Waals surface area contributed by atoms with Gasteiger partial charge in [-0.1, -0.05) is 57.0 Å². The quantitative estimate of drug-likeness (QED) is 0.153. The average molecular weight is 731 g/mol. The van der Waals surface area contributed by atoms with E-state index >= 15 is 4.39 Å². The number of ether oxygens (including phenoxy) is 1. The van der Waals surface area contributed by atoms with Crippen LogP contribution in [0.4, 0.5) is 9.18 Å². The molecule has 0 saturated carbocycles. The zero-order valence-electron chi connectivity index (χ0n) is 26.4. The van der Waals surface area contributed by atoms with Crippen LogP contribution in [0.5, 0.6) is 0 Å². The normalized spacial score (nSPS) is 11.3. The van der Waals surface area contributed by atoms with E-state index in [4.69, 9.17) is 4.74 Å². The topological polar surface area (TPSA) is 141 Å². The van der Waals surface area contributed by atoms with Crippen molar-refractivity contribution in [2.45, 2.75) is 64.3 Å². The van der Waals surface area contributed by atoms with Crippen molar-refractivity contribution >= 4 is 38.0 Å². The van der Waals surface area contributed by atoms with E-state index in [9.17, 15) is 22.8 Å². The summed E-state index contributed by atoms with van der Waals surface area (Å²) in [7, 11) is -4.33. The molecule has 2 N–H and O–H groups in total. The fourth-order valence-electron chi connectivity index (χ4n) is 4.85. The van der Waals surface area contributed by atoms with Gasteiger partial charge < -0.3 is 10.1 Å². The predicted molar refractivity (Wildman–Crippen MR) is 180 cm³/mol. The van der Waals surface area contributed by atoms with E-state index in [0.717, 1.165) is 25.7 Å². The molecule has 0 unspecified atom stereocenters. The monoisotopic (exact) mass is 729 g/mol. The zero-order chi connectivity index (χ0) is 34.1. The molecule has 0 aliphatic carbocycles. The Morgan fingerprint density at radius 2 is 1.74 bits per heavy atom. The second kappa shape index (κ2) is 16.0.